The first-order valence-electron chi connectivity index (χ1n) is 7.78. The topological polar surface area (TPSA) is 69.2 Å². The van der Waals surface area contributed by atoms with Crippen molar-refractivity contribution in [3.63, 3.8) is 0 Å². The Morgan fingerprint density at radius 1 is 1.14 bits per heavy atom. The van der Waals surface area contributed by atoms with Crippen molar-refractivity contribution >= 4 is 17.6 Å². The molecule has 0 radical (unpaired) electrons. The summed E-state index contributed by atoms with van der Waals surface area (Å²) in [5.74, 6) is -2.33. The fourth-order valence-electron chi connectivity index (χ4n) is 3.83. The Kier molecular flexibility index (Phi) is 3.77. The molecule has 2 aliphatic rings. The van der Waals surface area contributed by atoms with Crippen molar-refractivity contribution < 1.29 is 14.7 Å². The summed E-state index contributed by atoms with van der Waals surface area (Å²) in [6, 6.07) is 7.66. The van der Waals surface area contributed by atoms with E-state index in [0.29, 0.717) is 0 Å². The lowest BCUT2D eigenvalue weighted by Crippen LogP contribution is -2.43. The average molecular weight is 298 g/mol. The van der Waals surface area contributed by atoms with Gasteiger partial charge in [0, 0.05) is 17.6 Å². The summed E-state index contributed by atoms with van der Waals surface area (Å²) in [5.41, 5.74) is 1.82. The molecule has 1 fully saturated rings. The van der Waals surface area contributed by atoms with E-state index in [0.717, 1.165) is 17.7 Å². The number of amides is 1. The van der Waals surface area contributed by atoms with Crippen LogP contribution in [0, 0.1) is 23.7 Å². The van der Waals surface area contributed by atoms with Crippen LogP contribution in [0.4, 0.5) is 5.69 Å². The maximum Gasteiger partial charge on any atom is 0.228 e. The molecule has 1 aromatic carbocycles. The summed E-state index contributed by atoms with van der Waals surface area (Å²) < 4.78 is 0. The lowest BCUT2D eigenvalue weighted by Gasteiger charge is -2.28. The fourth-order valence-corrected chi connectivity index (χ4v) is 3.83. The molecule has 1 amide bonds. The van der Waals surface area contributed by atoms with Gasteiger partial charge in [-0.05, 0) is 35.8 Å². The van der Waals surface area contributed by atoms with E-state index in [1.54, 1.807) is 0 Å². The van der Waals surface area contributed by atoms with E-state index >= 15 is 0 Å². The van der Waals surface area contributed by atoms with Gasteiger partial charge in [0.2, 0.25) is 5.91 Å². The number of carbonyl (C=O) groups is 2. The van der Waals surface area contributed by atoms with Gasteiger partial charge in [-0.25, -0.2) is 0 Å². The molecule has 22 heavy (non-hydrogen) atoms. The van der Waals surface area contributed by atoms with Crippen LogP contribution in [0.15, 0.2) is 36.4 Å². The normalized spacial score (nSPS) is 29.0. The lowest BCUT2D eigenvalue weighted by atomic mass is 9.82. The molecule has 1 aromatic rings. The van der Waals surface area contributed by atoms with Gasteiger partial charge >= 0.3 is 0 Å². The number of nitrogens with one attached hydrogen (secondary N) is 1. The summed E-state index contributed by atoms with van der Waals surface area (Å²) >= 11 is 0. The third-order valence-corrected chi connectivity index (χ3v) is 4.87. The molecule has 4 nitrogen and oxygen atoms in total. The highest BCUT2D eigenvalue weighted by Crippen LogP contribution is 2.48. The third kappa shape index (κ3) is 2.43. The number of aliphatic carboxylic acids is 1. The van der Waals surface area contributed by atoms with Gasteiger partial charge in [0.15, 0.2) is 0 Å². The summed E-state index contributed by atoms with van der Waals surface area (Å²) in [7, 11) is 0. The highest BCUT2D eigenvalue weighted by atomic mass is 16.4. The van der Waals surface area contributed by atoms with Crippen molar-refractivity contribution in [1.29, 1.82) is 0 Å². The lowest BCUT2D eigenvalue weighted by molar-refractivity contribution is -0.313. The van der Waals surface area contributed by atoms with E-state index in [4.69, 9.17) is 0 Å². The molecule has 3 rings (SSSR count). The van der Waals surface area contributed by atoms with E-state index in [-0.39, 0.29) is 23.7 Å². The number of benzene rings is 1. The van der Waals surface area contributed by atoms with Gasteiger partial charge < -0.3 is 15.2 Å². The van der Waals surface area contributed by atoms with Crippen LogP contribution in [-0.2, 0) is 9.59 Å². The van der Waals surface area contributed by atoms with Crippen LogP contribution in [0.1, 0.15) is 31.7 Å². The summed E-state index contributed by atoms with van der Waals surface area (Å²) in [6.07, 6.45) is 4.63. The van der Waals surface area contributed by atoms with Crippen molar-refractivity contribution in [2.24, 2.45) is 23.7 Å². The fraction of sp³-hybridized carbons (Fsp3) is 0.444. The molecule has 4 atom stereocenters. The summed E-state index contributed by atoms with van der Waals surface area (Å²) in [6.45, 7) is 4.13. The number of allylic oxidation sites excluding steroid dienone is 2. The van der Waals surface area contributed by atoms with Crippen molar-refractivity contribution in [1.82, 2.24) is 0 Å². The minimum Gasteiger partial charge on any atom is -0.550 e. The minimum atomic E-state index is -1.12. The molecule has 0 saturated heterocycles. The van der Waals surface area contributed by atoms with Gasteiger partial charge in [-0.15, -0.1) is 0 Å². The van der Waals surface area contributed by atoms with Crippen LogP contribution >= 0.6 is 0 Å². The molecule has 0 spiro atoms. The third-order valence-electron chi connectivity index (χ3n) is 4.87. The first-order chi connectivity index (χ1) is 10.5. The Bertz CT molecular complexity index is 635. The molecule has 0 unspecified atom stereocenters. The van der Waals surface area contributed by atoms with Crippen molar-refractivity contribution in [3.05, 3.63) is 42.0 Å². The first kappa shape index (κ1) is 14.8. The zero-order valence-corrected chi connectivity index (χ0v) is 12.8. The molecule has 0 heterocycles. The van der Waals surface area contributed by atoms with Gasteiger partial charge in [0.1, 0.15) is 0 Å². The smallest absolute Gasteiger partial charge is 0.228 e. The SMILES string of the molecule is CC(C)c1ccccc1NC(=O)[C@H]1[C@@H](C(=O)[O-])[C@@H]2C=C[C@H]1C2. The second-order valence-electron chi connectivity index (χ2n) is 6.55. The maximum atomic E-state index is 12.7. The molecule has 4 heteroatoms. The van der Waals surface area contributed by atoms with Crippen LogP contribution in [-0.4, -0.2) is 11.9 Å². The molecule has 1 N–H and O–H groups in total. The van der Waals surface area contributed by atoms with E-state index in [9.17, 15) is 14.7 Å². The van der Waals surface area contributed by atoms with E-state index in [1.165, 1.54) is 0 Å². The van der Waals surface area contributed by atoms with Crippen LogP contribution in [0.25, 0.3) is 0 Å². The molecule has 116 valence electrons. The average Bonchev–Trinajstić information content (AvgIpc) is 3.08. The van der Waals surface area contributed by atoms with E-state index in [2.05, 4.69) is 19.2 Å². The second kappa shape index (κ2) is 5.59. The molecular weight excluding hydrogens is 278 g/mol. The Balaban J connectivity index is 1.83. The minimum absolute atomic E-state index is 0.0131. The highest BCUT2D eigenvalue weighted by molar-refractivity contribution is 5.96. The Morgan fingerprint density at radius 3 is 2.41 bits per heavy atom. The molecule has 2 bridgehead atoms. The van der Waals surface area contributed by atoms with E-state index in [1.807, 2.05) is 36.4 Å². The number of rotatable bonds is 4. The number of para-hydroxylation sites is 1. The monoisotopic (exact) mass is 298 g/mol. The maximum absolute atomic E-state index is 12.7. The van der Waals surface area contributed by atoms with Crippen molar-refractivity contribution in [2.45, 2.75) is 26.2 Å². The molecule has 0 aromatic heterocycles. The highest BCUT2D eigenvalue weighted by Gasteiger charge is 2.48. The van der Waals surface area contributed by atoms with Crippen molar-refractivity contribution in [3.8, 4) is 0 Å². The van der Waals surface area contributed by atoms with Gasteiger partial charge in [0.05, 0.1) is 5.92 Å². The summed E-state index contributed by atoms with van der Waals surface area (Å²) in [4.78, 5) is 24.1. The molecule has 2 aliphatic carbocycles. The predicted octanol–water partition coefficient (Wildman–Crippen LogP) is 1.94. The molecular formula is C18H20NO3-. The van der Waals surface area contributed by atoms with Gasteiger partial charge in [-0.1, -0.05) is 44.2 Å². The standard InChI is InChI=1S/C18H21NO3/c1-10(2)13-5-3-4-6-14(13)19-17(20)15-11-7-8-12(9-11)16(15)18(21)22/h3-8,10-12,15-16H,9H2,1-2H3,(H,19,20)(H,21,22)/p-1/t11-,12+,15+,16-/m0/s1. The Labute approximate surface area is 130 Å². The molecule has 0 aliphatic heterocycles. The number of carbonyl (C=O) groups excluding carboxylic acids is 2. The largest absolute Gasteiger partial charge is 0.550 e. The number of carboxylic acids is 1. The van der Waals surface area contributed by atoms with Crippen LogP contribution in [0.2, 0.25) is 0 Å². The second-order valence-corrected chi connectivity index (χ2v) is 6.55. The quantitative estimate of drug-likeness (QED) is 0.864. The number of hydrogen-bond donors (Lipinski definition) is 1. The molecule has 1 saturated carbocycles. The number of carboxylic acid groups (broad SMARTS) is 1. The summed E-state index contributed by atoms with van der Waals surface area (Å²) in [5, 5.41) is 14.3. The Hall–Kier alpha value is -2.10. The van der Waals surface area contributed by atoms with Gasteiger partial charge in [-0.3, -0.25) is 4.79 Å². The zero-order valence-electron chi connectivity index (χ0n) is 12.8. The van der Waals surface area contributed by atoms with Crippen LogP contribution in [0.3, 0.4) is 0 Å². The first-order valence-corrected chi connectivity index (χ1v) is 7.78. The van der Waals surface area contributed by atoms with Crippen LogP contribution in [0.5, 0.6) is 0 Å². The van der Waals surface area contributed by atoms with Crippen molar-refractivity contribution in [2.75, 3.05) is 5.32 Å². The van der Waals surface area contributed by atoms with Crippen LogP contribution < -0.4 is 10.4 Å². The number of anilines is 1. The van der Waals surface area contributed by atoms with E-state index < -0.39 is 17.8 Å². The van der Waals surface area contributed by atoms with Gasteiger partial charge in [0.25, 0.3) is 0 Å². The van der Waals surface area contributed by atoms with Gasteiger partial charge in [-0.2, -0.15) is 0 Å². The number of fused-ring (bicyclic) bond motifs is 2. The predicted molar refractivity (Wildman–Crippen MR) is 81.9 cm³/mol. The zero-order chi connectivity index (χ0) is 15.9. The number of hydrogen-bond acceptors (Lipinski definition) is 3. The Morgan fingerprint density at radius 2 is 1.77 bits per heavy atom.